The van der Waals surface area contributed by atoms with Crippen LogP contribution in [-0.2, 0) is 20.5 Å². The molecular weight excluding hydrogens is 601 g/mol. The minimum atomic E-state index is -4.65. The lowest BCUT2D eigenvalue weighted by Crippen LogP contribution is -2.53. The van der Waals surface area contributed by atoms with E-state index in [0.717, 1.165) is 17.0 Å². The van der Waals surface area contributed by atoms with Crippen molar-refractivity contribution >= 4 is 46.7 Å². The number of hydrogen-bond acceptors (Lipinski definition) is 7. The van der Waals surface area contributed by atoms with Gasteiger partial charge in [-0.3, -0.25) is 14.5 Å². The average molecular weight is 639 g/mol. The molecule has 0 aliphatic carbocycles. The van der Waals surface area contributed by atoms with E-state index in [9.17, 15) is 27.6 Å². The van der Waals surface area contributed by atoms with Crippen LogP contribution in [0.4, 0.5) is 35.2 Å². The molecule has 2 aliphatic heterocycles. The van der Waals surface area contributed by atoms with Gasteiger partial charge in [-0.15, -0.1) is 0 Å². The maximum absolute atomic E-state index is 13.9. The minimum Gasteiger partial charge on any atom is -0.444 e. The Hall–Kier alpha value is -3.58. The van der Waals surface area contributed by atoms with E-state index in [2.05, 4.69) is 10.3 Å². The Bertz CT molecular complexity index is 1420. The van der Waals surface area contributed by atoms with Crippen molar-refractivity contribution in [1.82, 2.24) is 15.2 Å². The zero-order valence-corrected chi connectivity index (χ0v) is 26.4. The van der Waals surface area contributed by atoms with Crippen molar-refractivity contribution in [2.45, 2.75) is 51.9 Å². The van der Waals surface area contributed by atoms with Gasteiger partial charge in [0.25, 0.3) is 0 Å². The lowest BCUT2D eigenvalue weighted by Gasteiger charge is -2.39. The average Bonchev–Trinajstić information content (AvgIpc) is 3.23. The van der Waals surface area contributed by atoms with Gasteiger partial charge in [-0.1, -0.05) is 17.7 Å². The molecule has 1 aromatic carbocycles. The molecule has 14 heteroatoms. The predicted octanol–water partition coefficient (Wildman–Crippen LogP) is 4.72. The Morgan fingerprint density at radius 3 is 2.55 bits per heavy atom. The predicted molar refractivity (Wildman–Crippen MR) is 162 cm³/mol. The number of rotatable bonds is 7. The molecule has 1 aromatic heterocycles. The van der Waals surface area contributed by atoms with Gasteiger partial charge in [-0.05, 0) is 52.0 Å². The summed E-state index contributed by atoms with van der Waals surface area (Å²) in [7, 11) is 3.22. The molecule has 0 unspecified atom stereocenters. The number of pyridine rings is 1. The second-order valence-corrected chi connectivity index (χ2v) is 12.5. The second-order valence-electron chi connectivity index (χ2n) is 12.1. The lowest BCUT2D eigenvalue weighted by molar-refractivity contribution is -0.137. The lowest BCUT2D eigenvalue weighted by atomic mass is 9.95. The molecule has 44 heavy (non-hydrogen) atoms. The molecule has 1 N–H and O–H groups in total. The van der Waals surface area contributed by atoms with Gasteiger partial charge in [0.1, 0.15) is 17.5 Å². The van der Waals surface area contributed by atoms with Crippen LogP contribution >= 0.6 is 11.6 Å². The summed E-state index contributed by atoms with van der Waals surface area (Å²) in [5, 5.41) is 3.73. The van der Waals surface area contributed by atoms with Crippen LogP contribution in [0.3, 0.4) is 0 Å². The molecule has 1 saturated heterocycles. The Morgan fingerprint density at radius 1 is 1.18 bits per heavy atom. The van der Waals surface area contributed by atoms with Crippen LogP contribution in [0.2, 0.25) is 5.02 Å². The van der Waals surface area contributed by atoms with Crippen molar-refractivity contribution in [2.24, 2.45) is 5.92 Å². The van der Waals surface area contributed by atoms with Crippen LogP contribution in [0.5, 0.6) is 0 Å². The van der Waals surface area contributed by atoms with Crippen LogP contribution in [0.15, 0.2) is 30.3 Å². The highest BCUT2D eigenvalue weighted by Gasteiger charge is 2.49. The topological polar surface area (TPSA) is 98.3 Å². The molecule has 10 nitrogen and oxygen atoms in total. The smallest absolute Gasteiger partial charge is 0.416 e. The van der Waals surface area contributed by atoms with Crippen molar-refractivity contribution in [2.75, 3.05) is 61.5 Å². The summed E-state index contributed by atoms with van der Waals surface area (Å²) in [6.45, 7) is 8.87. The number of ether oxygens (including phenoxy) is 1. The van der Waals surface area contributed by atoms with Gasteiger partial charge in [-0.25, -0.2) is 9.78 Å². The number of likely N-dealkylation sites (N-methyl/N-ethyl adjacent to an activating group) is 2. The van der Waals surface area contributed by atoms with Crippen LogP contribution in [-0.4, -0.2) is 86.3 Å². The maximum Gasteiger partial charge on any atom is 0.416 e. The Balaban J connectivity index is 1.57. The fraction of sp³-hybridized carbons (Fsp3) is 0.533. The maximum atomic E-state index is 13.9. The molecule has 0 spiro atoms. The number of hydrogen-bond donors (Lipinski definition) is 1. The van der Waals surface area contributed by atoms with E-state index in [1.165, 1.54) is 16.7 Å². The summed E-state index contributed by atoms with van der Waals surface area (Å²) in [6, 6.07) is 5.83. The number of halogens is 4. The van der Waals surface area contributed by atoms with E-state index >= 15 is 0 Å². The van der Waals surface area contributed by atoms with E-state index in [0.29, 0.717) is 42.6 Å². The van der Waals surface area contributed by atoms with Gasteiger partial charge in [0.05, 0.1) is 22.0 Å². The number of fused-ring (bicyclic) bond motifs is 2. The molecule has 0 saturated carbocycles. The largest absolute Gasteiger partial charge is 0.444 e. The highest BCUT2D eigenvalue weighted by Crippen LogP contribution is 2.42. The number of nitrogens with zero attached hydrogens (tertiary/aromatic N) is 5. The number of para-hydroxylation sites is 1. The third-order valence-electron chi connectivity index (χ3n) is 7.51. The molecule has 0 bridgehead atoms. The molecule has 2 aromatic rings. The minimum absolute atomic E-state index is 0.0500. The van der Waals surface area contributed by atoms with Crippen molar-refractivity contribution < 1.29 is 32.3 Å². The molecule has 4 rings (SSSR count). The summed E-state index contributed by atoms with van der Waals surface area (Å²) in [6.07, 6.45) is -5.12. The van der Waals surface area contributed by atoms with E-state index in [-0.39, 0.29) is 24.5 Å². The Kier molecular flexibility index (Phi) is 9.69. The SMILES string of the molecule is Cc1cc(C(F)(F)F)cc(N2C(=O)C[C@@H]3CN(CCNCCN(C)C(=O)OC(C)(C)C)c4c(Cl)cccc4N(C)C(=O)[C@H]32)n1. The quantitative estimate of drug-likeness (QED) is 0.438. The van der Waals surface area contributed by atoms with Gasteiger partial charge in [0.15, 0.2) is 0 Å². The molecule has 2 aliphatic rings. The number of benzene rings is 1. The Labute approximate surface area is 260 Å². The molecule has 1 fully saturated rings. The second kappa shape index (κ2) is 12.8. The van der Waals surface area contributed by atoms with Crippen molar-refractivity contribution in [3.63, 3.8) is 0 Å². The number of alkyl halides is 3. The Morgan fingerprint density at radius 2 is 1.89 bits per heavy atom. The van der Waals surface area contributed by atoms with E-state index in [1.54, 1.807) is 53.1 Å². The van der Waals surface area contributed by atoms with Crippen LogP contribution < -0.4 is 20.0 Å². The third-order valence-corrected chi connectivity index (χ3v) is 7.82. The molecular formula is C30H38ClF3N6O4. The van der Waals surface area contributed by atoms with Crippen molar-refractivity contribution in [3.05, 3.63) is 46.6 Å². The van der Waals surface area contributed by atoms with Crippen molar-refractivity contribution in [3.8, 4) is 0 Å². The first-order chi connectivity index (χ1) is 20.5. The summed E-state index contributed by atoms with van der Waals surface area (Å²) in [5.41, 5.74) is -0.325. The van der Waals surface area contributed by atoms with E-state index < -0.39 is 47.2 Å². The zero-order valence-electron chi connectivity index (χ0n) is 25.7. The molecule has 3 heterocycles. The first-order valence-electron chi connectivity index (χ1n) is 14.3. The van der Waals surface area contributed by atoms with Gasteiger partial charge in [0.2, 0.25) is 11.8 Å². The zero-order chi connectivity index (χ0) is 32.6. The standard InChI is InChI=1S/C30H38ClF3N6O4/c1-18-14-20(30(32,33)34)16-23(36-18)40-24(41)15-19-17-39(13-11-35-10-12-37(5)28(43)44-29(2,3)4)26-21(31)8-7-9-22(26)38(6)27(42)25(19)40/h7-9,14,16,19,25,35H,10-13,15,17H2,1-6H3/t19-,25+/m1/s1. The monoisotopic (exact) mass is 638 g/mol. The molecule has 3 amide bonds. The van der Waals surface area contributed by atoms with Crippen LogP contribution in [0.1, 0.15) is 38.4 Å². The normalized spacial score (nSPS) is 19.0. The highest BCUT2D eigenvalue weighted by molar-refractivity contribution is 6.34. The van der Waals surface area contributed by atoms with Crippen LogP contribution in [0, 0.1) is 12.8 Å². The fourth-order valence-electron chi connectivity index (χ4n) is 5.48. The molecule has 0 radical (unpaired) electrons. The summed E-state index contributed by atoms with van der Waals surface area (Å²) in [4.78, 5) is 49.8. The summed E-state index contributed by atoms with van der Waals surface area (Å²) in [5.74, 6) is -1.67. The van der Waals surface area contributed by atoms with Crippen molar-refractivity contribution in [1.29, 1.82) is 0 Å². The van der Waals surface area contributed by atoms with E-state index in [1.807, 2.05) is 4.90 Å². The summed E-state index contributed by atoms with van der Waals surface area (Å²) >= 11 is 6.67. The number of carbonyl (C=O) groups is 3. The van der Waals surface area contributed by atoms with Gasteiger partial charge in [-0.2, -0.15) is 13.2 Å². The fourth-order valence-corrected chi connectivity index (χ4v) is 5.77. The number of aryl methyl sites for hydroxylation is 1. The first-order valence-corrected chi connectivity index (χ1v) is 14.7. The molecule has 2 atom stereocenters. The number of nitrogens with one attached hydrogen (secondary N) is 1. The van der Waals surface area contributed by atoms with Crippen LogP contribution in [0.25, 0.3) is 0 Å². The van der Waals surface area contributed by atoms with Gasteiger partial charge < -0.3 is 24.8 Å². The van der Waals surface area contributed by atoms with Gasteiger partial charge in [0, 0.05) is 64.9 Å². The third kappa shape index (κ3) is 7.37. The number of anilines is 3. The summed E-state index contributed by atoms with van der Waals surface area (Å²) < 4.78 is 46.3. The number of amides is 3. The molecule has 240 valence electrons. The highest BCUT2D eigenvalue weighted by atomic mass is 35.5. The van der Waals surface area contributed by atoms with Gasteiger partial charge >= 0.3 is 12.3 Å². The number of carbonyl (C=O) groups excluding carboxylic acids is 3. The first kappa shape index (κ1) is 33.3. The van der Waals surface area contributed by atoms with E-state index in [4.69, 9.17) is 16.3 Å². The number of aromatic nitrogens is 1.